The van der Waals surface area contributed by atoms with Crippen LogP contribution >= 0.6 is 11.3 Å². The Morgan fingerprint density at radius 1 is 1.04 bits per heavy atom. The molecule has 0 unspecified atom stereocenters. The molecule has 0 aliphatic rings. The zero-order chi connectivity index (χ0) is 16.4. The lowest BCUT2D eigenvalue weighted by Crippen LogP contribution is -2.05. The normalized spacial score (nSPS) is 11.5. The minimum Gasteiger partial charge on any atom is -0.382 e. The van der Waals surface area contributed by atoms with Crippen LogP contribution in [0, 0.1) is 0 Å². The van der Waals surface area contributed by atoms with Crippen molar-refractivity contribution in [1.29, 1.82) is 0 Å². The summed E-state index contributed by atoms with van der Waals surface area (Å²) in [6, 6.07) is 12.1. The highest BCUT2D eigenvalue weighted by molar-refractivity contribution is 7.13. The Morgan fingerprint density at radius 2 is 1.88 bits per heavy atom. The van der Waals surface area contributed by atoms with Crippen LogP contribution in [0.15, 0.2) is 41.8 Å². The number of thiophene rings is 1. The minimum absolute atomic E-state index is 0.702. The van der Waals surface area contributed by atoms with Gasteiger partial charge in [-0.3, -0.25) is 0 Å². The molecule has 6 heteroatoms. The maximum Gasteiger partial charge on any atom is 0.198 e. The number of ether oxygens (including phenoxy) is 1. The molecule has 4 aromatic rings. The van der Waals surface area contributed by atoms with Crippen molar-refractivity contribution in [1.82, 2.24) is 19.5 Å². The fraction of sp³-hybridized carbons (Fsp3) is 0.278. The van der Waals surface area contributed by atoms with Crippen molar-refractivity contribution in [2.24, 2.45) is 0 Å². The number of imidazole rings is 1. The third-order valence-corrected chi connectivity index (χ3v) is 4.74. The van der Waals surface area contributed by atoms with Crippen molar-refractivity contribution >= 4 is 33.7 Å². The zero-order valence-electron chi connectivity index (χ0n) is 13.5. The van der Waals surface area contributed by atoms with Crippen LogP contribution in [0.25, 0.3) is 33.0 Å². The molecule has 122 valence electrons. The fourth-order valence-corrected chi connectivity index (χ4v) is 3.50. The van der Waals surface area contributed by atoms with Gasteiger partial charge in [-0.25, -0.2) is 15.0 Å². The van der Waals surface area contributed by atoms with Crippen LogP contribution in [0.4, 0.5) is 0 Å². The third kappa shape index (κ3) is 2.79. The van der Waals surface area contributed by atoms with Crippen LogP contribution in [-0.2, 0) is 11.3 Å². The van der Waals surface area contributed by atoms with Crippen molar-refractivity contribution in [3.63, 3.8) is 0 Å². The molecule has 0 saturated carbocycles. The van der Waals surface area contributed by atoms with Crippen molar-refractivity contribution in [2.75, 3.05) is 13.2 Å². The molecule has 3 aromatic heterocycles. The van der Waals surface area contributed by atoms with E-state index in [2.05, 4.69) is 16.0 Å². The molecule has 24 heavy (non-hydrogen) atoms. The Morgan fingerprint density at radius 3 is 2.62 bits per heavy atom. The monoisotopic (exact) mass is 338 g/mol. The molecule has 0 radical (unpaired) electrons. The number of hydrogen-bond acceptors (Lipinski definition) is 5. The predicted octanol–water partition coefficient (Wildman–Crippen LogP) is 4.13. The van der Waals surface area contributed by atoms with Gasteiger partial charge in [0.15, 0.2) is 17.1 Å². The highest BCUT2D eigenvalue weighted by Crippen LogP contribution is 2.28. The van der Waals surface area contributed by atoms with Crippen LogP contribution in [0.1, 0.15) is 13.3 Å². The molecule has 0 spiro atoms. The van der Waals surface area contributed by atoms with Crippen molar-refractivity contribution in [3.8, 4) is 10.7 Å². The summed E-state index contributed by atoms with van der Waals surface area (Å²) >= 11 is 1.68. The van der Waals surface area contributed by atoms with E-state index in [-0.39, 0.29) is 0 Å². The summed E-state index contributed by atoms with van der Waals surface area (Å²) in [5.41, 5.74) is 3.32. The topological polar surface area (TPSA) is 52.8 Å². The van der Waals surface area contributed by atoms with Gasteiger partial charge in [-0.1, -0.05) is 18.2 Å². The highest BCUT2D eigenvalue weighted by atomic mass is 32.1. The number of rotatable bonds is 6. The minimum atomic E-state index is 0.702. The largest absolute Gasteiger partial charge is 0.382 e. The van der Waals surface area contributed by atoms with E-state index in [4.69, 9.17) is 19.7 Å². The second kappa shape index (κ2) is 6.67. The van der Waals surface area contributed by atoms with E-state index in [1.165, 1.54) is 0 Å². The molecule has 5 nitrogen and oxygen atoms in total. The second-order valence-electron chi connectivity index (χ2n) is 5.47. The smallest absolute Gasteiger partial charge is 0.198 e. The van der Waals surface area contributed by atoms with Gasteiger partial charge in [-0.15, -0.1) is 11.3 Å². The van der Waals surface area contributed by atoms with Gasteiger partial charge in [0.1, 0.15) is 0 Å². The van der Waals surface area contributed by atoms with Crippen molar-refractivity contribution in [2.45, 2.75) is 19.9 Å². The Hall–Kier alpha value is -2.31. The van der Waals surface area contributed by atoms with Crippen LogP contribution in [0.3, 0.4) is 0 Å². The summed E-state index contributed by atoms with van der Waals surface area (Å²) in [4.78, 5) is 15.4. The highest BCUT2D eigenvalue weighted by Gasteiger charge is 2.16. The number of benzene rings is 1. The molecule has 3 heterocycles. The van der Waals surface area contributed by atoms with Crippen LogP contribution in [-0.4, -0.2) is 32.7 Å². The Balaban J connectivity index is 1.84. The SMILES string of the molecule is CCOCCCn1c(-c2cccs2)nc2nc3ccccc3nc21. The first kappa shape index (κ1) is 15.2. The first-order chi connectivity index (χ1) is 11.9. The second-order valence-corrected chi connectivity index (χ2v) is 6.42. The molecule has 0 saturated heterocycles. The molecular formula is C18H18N4OS. The molecule has 0 aliphatic carbocycles. The maximum absolute atomic E-state index is 5.48. The Bertz CT molecular complexity index is 962. The molecule has 4 rings (SSSR count). The number of aromatic nitrogens is 4. The van der Waals surface area contributed by atoms with Crippen LogP contribution in [0.2, 0.25) is 0 Å². The number of para-hydroxylation sites is 2. The van der Waals surface area contributed by atoms with Gasteiger partial charge in [-0.05, 0) is 36.9 Å². The summed E-state index contributed by atoms with van der Waals surface area (Å²) < 4.78 is 7.64. The molecule has 0 amide bonds. The molecular weight excluding hydrogens is 320 g/mol. The van der Waals surface area contributed by atoms with Crippen LogP contribution in [0.5, 0.6) is 0 Å². The summed E-state index contributed by atoms with van der Waals surface area (Å²) in [5, 5.41) is 2.07. The molecule has 0 aliphatic heterocycles. The van der Waals surface area contributed by atoms with E-state index in [1.54, 1.807) is 11.3 Å². The van der Waals surface area contributed by atoms with Crippen LogP contribution < -0.4 is 0 Å². The average Bonchev–Trinajstić information content (AvgIpc) is 3.24. The van der Waals surface area contributed by atoms with Gasteiger partial charge < -0.3 is 9.30 Å². The summed E-state index contributed by atoms with van der Waals surface area (Å²) in [7, 11) is 0. The molecule has 0 fully saturated rings. The van der Waals surface area contributed by atoms with Gasteiger partial charge >= 0.3 is 0 Å². The van der Waals surface area contributed by atoms with Crippen molar-refractivity contribution < 1.29 is 4.74 Å². The zero-order valence-corrected chi connectivity index (χ0v) is 14.3. The van der Waals surface area contributed by atoms with E-state index < -0.39 is 0 Å². The molecule has 0 atom stereocenters. The fourth-order valence-electron chi connectivity index (χ4n) is 2.77. The molecule has 0 bridgehead atoms. The number of nitrogens with zero attached hydrogens (tertiary/aromatic N) is 4. The van der Waals surface area contributed by atoms with Gasteiger partial charge in [0, 0.05) is 19.8 Å². The number of aryl methyl sites for hydroxylation is 1. The predicted molar refractivity (Wildman–Crippen MR) is 97.3 cm³/mol. The lowest BCUT2D eigenvalue weighted by molar-refractivity contribution is 0.142. The summed E-state index contributed by atoms with van der Waals surface area (Å²) in [5.74, 6) is 0.937. The average molecular weight is 338 g/mol. The quantitative estimate of drug-likeness (QED) is 0.496. The van der Waals surface area contributed by atoms with Crippen molar-refractivity contribution in [3.05, 3.63) is 41.8 Å². The Labute approximate surface area is 144 Å². The molecule has 0 N–H and O–H groups in total. The van der Waals surface area contributed by atoms with E-state index in [0.717, 1.165) is 53.6 Å². The first-order valence-electron chi connectivity index (χ1n) is 8.11. The van der Waals surface area contributed by atoms with Gasteiger partial charge in [0.2, 0.25) is 0 Å². The maximum atomic E-state index is 5.48. The summed E-state index contributed by atoms with van der Waals surface area (Å²) in [6.07, 6.45) is 0.923. The van der Waals surface area contributed by atoms with Gasteiger partial charge in [0.05, 0.1) is 15.9 Å². The van der Waals surface area contributed by atoms with E-state index >= 15 is 0 Å². The summed E-state index contributed by atoms with van der Waals surface area (Å²) in [6.45, 7) is 4.31. The number of fused-ring (bicyclic) bond motifs is 2. The Kier molecular flexibility index (Phi) is 4.23. The lowest BCUT2D eigenvalue weighted by atomic mass is 10.3. The molecule has 1 aromatic carbocycles. The van der Waals surface area contributed by atoms with E-state index in [9.17, 15) is 0 Å². The van der Waals surface area contributed by atoms with E-state index in [0.29, 0.717) is 5.65 Å². The van der Waals surface area contributed by atoms with E-state index in [1.807, 2.05) is 37.3 Å². The third-order valence-electron chi connectivity index (χ3n) is 3.87. The van der Waals surface area contributed by atoms with Gasteiger partial charge in [-0.2, -0.15) is 0 Å². The first-order valence-corrected chi connectivity index (χ1v) is 8.99. The number of hydrogen-bond donors (Lipinski definition) is 0. The standard InChI is InChI=1S/C18H18N4OS/c1-2-23-11-6-10-22-17(15-9-5-12-24-15)21-16-18(22)20-14-8-4-3-7-13(14)19-16/h3-5,7-9,12H,2,6,10-11H2,1H3. The lowest BCUT2D eigenvalue weighted by Gasteiger charge is -2.07. The van der Waals surface area contributed by atoms with Gasteiger partial charge in [0.25, 0.3) is 0 Å².